The molecule has 1 spiro atoms. The Morgan fingerprint density at radius 1 is 1.21 bits per heavy atom. The third-order valence-electron chi connectivity index (χ3n) is 8.84. The van der Waals surface area contributed by atoms with Gasteiger partial charge in [-0.1, -0.05) is 19.4 Å². The van der Waals surface area contributed by atoms with E-state index in [2.05, 4.69) is 9.88 Å². The normalized spacial score (nSPS) is 24.4. The molecule has 3 fully saturated rings. The second kappa shape index (κ2) is 11.7. The van der Waals surface area contributed by atoms with Gasteiger partial charge in [-0.2, -0.15) is 0 Å². The summed E-state index contributed by atoms with van der Waals surface area (Å²) >= 11 is 0. The lowest BCUT2D eigenvalue weighted by molar-refractivity contribution is -0.137. The highest BCUT2D eigenvalue weighted by atomic mass is 16.2. The van der Waals surface area contributed by atoms with Crippen LogP contribution in [0.4, 0.5) is 5.82 Å². The van der Waals surface area contributed by atoms with Crippen LogP contribution < -0.4 is 16.6 Å². The SMILES string of the molecule is CC/C(=C(/C)C(=O)C1CCC1)N1CCC2(CCC(N(CC(N)=O)Cc3ccc(N(N)C=N)nc3)CC2)C1=O. The van der Waals surface area contributed by atoms with Crippen LogP contribution in [0.2, 0.25) is 0 Å². The number of ketones is 1. The number of pyridine rings is 1. The van der Waals surface area contributed by atoms with Crippen LogP contribution >= 0.6 is 0 Å². The van der Waals surface area contributed by atoms with Gasteiger partial charge in [0, 0.05) is 42.5 Å². The van der Waals surface area contributed by atoms with Crippen molar-refractivity contribution >= 4 is 29.8 Å². The number of aromatic nitrogens is 1. The number of hydrogen-bond donors (Lipinski definition) is 3. The molecule has 3 aliphatic rings. The van der Waals surface area contributed by atoms with E-state index in [0.29, 0.717) is 25.3 Å². The predicted octanol–water partition coefficient (Wildman–Crippen LogP) is 2.87. The molecule has 2 aliphatic carbocycles. The van der Waals surface area contributed by atoms with Crippen LogP contribution in [0.25, 0.3) is 0 Å². The van der Waals surface area contributed by atoms with E-state index in [-0.39, 0.29) is 36.1 Å². The predicted molar refractivity (Wildman–Crippen MR) is 146 cm³/mol. The Balaban J connectivity index is 1.43. The Kier molecular flexibility index (Phi) is 8.62. The maximum absolute atomic E-state index is 13.8. The molecule has 206 valence electrons. The maximum Gasteiger partial charge on any atom is 0.233 e. The number of nitrogens with two attached hydrogens (primary N) is 2. The average Bonchev–Trinajstić information content (AvgIpc) is 3.18. The molecule has 0 atom stereocenters. The number of nitrogens with zero attached hydrogens (tertiary/aromatic N) is 4. The molecular weight excluding hydrogens is 482 g/mol. The third-order valence-corrected chi connectivity index (χ3v) is 8.84. The van der Waals surface area contributed by atoms with Crippen LogP contribution in [-0.4, -0.2) is 57.9 Å². The largest absolute Gasteiger partial charge is 0.369 e. The van der Waals surface area contributed by atoms with Gasteiger partial charge in [0.05, 0.1) is 12.0 Å². The number of hydrogen-bond acceptors (Lipinski definition) is 7. The van der Waals surface area contributed by atoms with E-state index in [1.165, 1.54) is 0 Å². The number of amides is 2. The highest BCUT2D eigenvalue weighted by Crippen LogP contribution is 2.47. The standard InChI is InChI=1S/C28H41N7O3/c1-3-23(19(2)26(37)21-5-4-6-21)34-14-13-28(27(34)38)11-9-22(10-12-28)33(17-24(30)36)16-20-7-8-25(32-15-20)35(31)18-29/h7-8,15,18,21-22,29H,3-6,9-14,16-17,31H2,1-2H3,(H2,30,36)/b23-19+,29-18?. The van der Waals surface area contributed by atoms with Gasteiger partial charge >= 0.3 is 0 Å². The molecule has 0 aromatic carbocycles. The smallest absolute Gasteiger partial charge is 0.233 e. The molecule has 2 amide bonds. The van der Waals surface area contributed by atoms with Gasteiger partial charge < -0.3 is 10.6 Å². The Morgan fingerprint density at radius 3 is 2.45 bits per heavy atom. The first-order chi connectivity index (χ1) is 18.2. The topological polar surface area (TPSA) is 150 Å². The molecule has 1 aromatic heterocycles. The molecule has 4 rings (SSSR count). The summed E-state index contributed by atoms with van der Waals surface area (Å²) in [5.74, 6) is 6.27. The van der Waals surface area contributed by atoms with Crippen molar-refractivity contribution in [1.82, 2.24) is 14.8 Å². The van der Waals surface area contributed by atoms with Crippen molar-refractivity contribution in [2.75, 3.05) is 18.1 Å². The first-order valence-electron chi connectivity index (χ1n) is 13.8. The molecule has 0 radical (unpaired) electrons. The highest BCUT2D eigenvalue weighted by Gasteiger charge is 2.50. The summed E-state index contributed by atoms with van der Waals surface area (Å²) in [6.07, 6.45) is 10.3. The van der Waals surface area contributed by atoms with E-state index in [1.807, 2.05) is 24.8 Å². The van der Waals surface area contributed by atoms with E-state index < -0.39 is 5.41 Å². The number of carbonyl (C=O) groups is 3. The lowest BCUT2D eigenvalue weighted by Gasteiger charge is -2.40. The number of Topliss-reactive ketones (excluding diaryl/α,β-unsaturated/α-hetero) is 1. The molecule has 1 saturated heterocycles. The quantitative estimate of drug-likeness (QED) is 0.133. The number of nitrogens with one attached hydrogen (secondary N) is 1. The Labute approximate surface area is 224 Å². The molecule has 10 nitrogen and oxygen atoms in total. The lowest BCUT2D eigenvalue weighted by atomic mass is 9.71. The van der Waals surface area contributed by atoms with Crippen LogP contribution in [0.5, 0.6) is 0 Å². The molecule has 5 N–H and O–H groups in total. The summed E-state index contributed by atoms with van der Waals surface area (Å²) in [4.78, 5) is 46.9. The molecular formula is C28H41N7O3. The van der Waals surface area contributed by atoms with Crippen LogP contribution in [-0.2, 0) is 20.9 Å². The number of anilines is 1. The zero-order chi connectivity index (χ0) is 27.4. The lowest BCUT2D eigenvalue weighted by Crippen LogP contribution is -2.46. The summed E-state index contributed by atoms with van der Waals surface area (Å²) in [5, 5.41) is 8.37. The first kappa shape index (κ1) is 27.9. The first-order valence-corrected chi connectivity index (χ1v) is 13.8. The minimum Gasteiger partial charge on any atom is -0.369 e. The van der Waals surface area contributed by atoms with Gasteiger partial charge in [0.1, 0.15) is 12.2 Å². The summed E-state index contributed by atoms with van der Waals surface area (Å²) in [6.45, 7) is 5.23. The van der Waals surface area contributed by atoms with Crippen LogP contribution in [0, 0.1) is 16.7 Å². The van der Waals surface area contributed by atoms with Gasteiger partial charge in [-0.3, -0.25) is 29.7 Å². The highest BCUT2D eigenvalue weighted by molar-refractivity contribution is 5.99. The Bertz CT molecular complexity index is 1090. The summed E-state index contributed by atoms with van der Waals surface area (Å²) in [6, 6.07) is 3.75. The van der Waals surface area contributed by atoms with Crippen molar-refractivity contribution in [1.29, 1.82) is 5.41 Å². The molecule has 0 bridgehead atoms. The number of primary amides is 1. The van der Waals surface area contributed by atoms with Crippen molar-refractivity contribution in [2.24, 2.45) is 22.9 Å². The fraction of sp³-hybridized carbons (Fsp3) is 0.607. The van der Waals surface area contributed by atoms with Gasteiger partial charge in [0.15, 0.2) is 5.78 Å². The Morgan fingerprint density at radius 2 is 1.92 bits per heavy atom. The number of likely N-dealkylation sites (tertiary alicyclic amines) is 1. The minimum absolute atomic E-state index is 0.130. The fourth-order valence-corrected chi connectivity index (χ4v) is 6.32. The van der Waals surface area contributed by atoms with E-state index in [1.54, 1.807) is 12.3 Å². The molecule has 10 heteroatoms. The van der Waals surface area contributed by atoms with Crippen molar-refractivity contribution in [3.63, 3.8) is 0 Å². The van der Waals surface area contributed by atoms with Crippen LogP contribution in [0.1, 0.15) is 77.2 Å². The molecule has 2 saturated carbocycles. The van der Waals surface area contributed by atoms with Gasteiger partial charge in [-0.25, -0.2) is 10.8 Å². The molecule has 1 aromatic rings. The third kappa shape index (κ3) is 5.66. The van der Waals surface area contributed by atoms with E-state index in [0.717, 1.165) is 79.5 Å². The number of allylic oxidation sites excluding steroid dienone is 2. The molecule has 1 aliphatic heterocycles. The zero-order valence-electron chi connectivity index (χ0n) is 22.6. The van der Waals surface area contributed by atoms with Gasteiger partial charge in [0.2, 0.25) is 11.8 Å². The maximum atomic E-state index is 13.8. The second-order valence-corrected chi connectivity index (χ2v) is 11.1. The van der Waals surface area contributed by atoms with Crippen LogP contribution in [0.3, 0.4) is 0 Å². The van der Waals surface area contributed by atoms with E-state index in [4.69, 9.17) is 17.0 Å². The minimum atomic E-state index is -0.393. The van der Waals surface area contributed by atoms with E-state index in [9.17, 15) is 14.4 Å². The number of hydrazine groups is 1. The van der Waals surface area contributed by atoms with Gasteiger partial charge in [-0.15, -0.1) is 0 Å². The van der Waals surface area contributed by atoms with Crippen molar-refractivity contribution in [3.8, 4) is 0 Å². The van der Waals surface area contributed by atoms with Gasteiger partial charge in [0.25, 0.3) is 0 Å². The average molecular weight is 524 g/mol. The molecule has 38 heavy (non-hydrogen) atoms. The van der Waals surface area contributed by atoms with Crippen LogP contribution in [0.15, 0.2) is 29.6 Å². The summed E-state index contributed by atoms with van der Waals surface area (Å²) in [7, 11) is 0. The Hall–Kier alpha value is -3.11. The summed E-state index contributed by atoms with van der Waals surface area (Å²) < 4.78 is 0. The van der Waals surface area contributed by atoms with E-state index >= 15 is 0 Å². The van der Waals surface area contributed by atoms with Crippen molar-refractivity contribution < 1.29 is 14.4 Å². The fourth-order valence-electron chi connectivity index (χ4n) is 6.32. The van der Waals surface area contributed by atoms with Gasteiger partial charge in [-0.05, 0) is 69.9 Å². The monoisotopic (exact) mass is 523 g/mol. The molecule has 2 heterocycles. The van der Waals surface area contributed by atoms with Crippen molar-refractivity contribution in [3.05, 3.63) is 35.2 Å². The second-order valence-electron chi connectivity index (χ2n) is 11.1. The summed E-state index contributed by atoms with van der Waals surface area (Å²) in [5.41, 5.74) is 7.78. The molecule has 0 unspecified atom stereocenters. The zero-order valence-corrected chi connectivity index (χ0v) is 22.6. The van der Waals surface area contributed by atoms with Crippen molar-refractivity contribution in [2.45, 2.75) is 84.2 Å². The number of rotatable bonds is 11. The number of carbonyl (C=O) groups excluding carboxylic acids is 3.